The summed E-state index contributed by atoms with van der Waals surface area (Å²) in [5.41, 5.74) is 6.41. The number of carbonyl (C=O) groups excluding carboxylic acids is 1. The molecule has 5 nitrogen and oxygen atoms in total. The van der Waals surface area contributed by atoms with Crippen LogP contribution in [0.25, 0.3) is 0 Å². The highest BCUT2D eigenvalue weighted by Crippen LogP contribution is 2.33. The zero-order valence-corrected chi connectivity index (χ0v) is 11.4. The van der Waals surface area contributed by atoms with Crippen LogP contribution in [0.2, 0.25) is 0 Å². The van der Waals surface area contributed by atoms with Crippen molar-refractivity contribution in [3.8, 4) is 11.5 Å². The lowest BCUT2D eigenvalue weighted by Crippen LogP contribution is -2.36. The van der Waals surface area contributed by atoms with Gasteiger partial charge in [-0.05, 0) is 43.6 Å². The van der Waals surface area contributed by atoms with Gasteiger partial charge in [0, 0.05) is 0 Å². The lowest BCUT2D eigenvalue weighted by molar-refractivity contribution is -0.123. The van der Waals surface area contributed by atoms with E-state index in [0.29, 0.717) is 11.5 Å². The van der Waals surface area contributed by atoms with Gasteiger partial charge in [-0.15, -0.1) is 0 Å². The Morgan fingerprint density at radius 2 is 1.84 bits per heavy atom. The lowest BCUT2D eigenvalue weighted by atomic mass is 10.0. The minimum absolute atomic E-state index is 0.325. The molecule has 1 aliphatic rings. The number of rotatable bonds is 5. The smallest absolute Gasteiger partial charge is 0.239 e. The number of methoxy groups -OCH3 is 2. The molecule has 1 aromatic carbocycles. The number of amides is 1. The van der Waals surface area contributed by atoms with Crippen LogP contribution in [0.3, 0.4) is 0 Å². The van der Waals surface area contributed by atoms with E-state index in [4.69, 9.17) is 15.2 Å². The van der Waals surface area contributed by atoms with Crippen LogP contribution in [-0.2, 0) is 4.79 Å². The largest absolute Gasteiger partial charge is 0.493 e. The summed E-state index contributed by atoms with van der Waals surface area (Å²) < 4.78 is 10.5. The van der Waals surface area contributed by atoms with E-state index in [1.807, 2.05) is 12.1 Å². The summed E-state index contributed by atoms with van der Waals surface area (Å²) in [4.78, 5) is 13.9. The number of likely N-dealkylation sites (tertiary alicyclic amines) is 1. The van der Waals surface area contributed by atoms with Crippen molar-refractivity contribution < 1.29 is 14.3 Å². The van der Waals surface area contributed by atoms with Crippen LogP contribution >= 0.6 is 0 Å². The van der Waals surface area contributed by atoms with E-state index in [1.165, 1.54) is 0 Å². The van der Waals surface area contributed by atoms with Gasteiger partial charge in [-0.2, -0.15) is 0 Å². The highest BCUT2D eigenvalue weighted by molar-refractivity contribution is 5.81. The predicted octanol–water partition coefficient (Wildman–Crippen LogP) is 1.33. The first-order valence-electron chi connectivity index (χ1n) is 6.42. The Hall–Kier alpha value is -1.75. The quantitative estimate of drug-likeness (QED) is 0.871. The van der Waals surface area contributed by atoms with Crippen molar-refractivity contribution in [1.29, 1.82) is 0 Å². The van der Waals surface area contributed by atoms with Gasteiger partial charge in [-0.3, -0.25) is 9.69 Å². The van der Waals surface area contributed by atoms with Gasteiger partial charge in [0.05, 0.1) is 14.2 Å². The molecule has 0 saturated carbocycles. The minimum atomic E-state index is -0.387. The van der Waals surface area contributed by atoms with Crippen molar-refractivity contribution in [3.05, 3.63) is 23.8 Å². The summed E-state index contributed by atoms with van der Waals surface area (Å²) in [5, 5.41) is 0. The minimum Gasteiger partial charge on any atom is -0.493 e. The molecule has 2 N–H and O–H groups in total. The second kappa shape index (κ2) is 5.93. The molecule has 0 spiro atoms. The molecule has 19 heavy (non-hydrogen) atoms. The van der Waals surface area contributed by atoms with E-state index in [-0.39, 0.29) is 11.9 Å². The van der Waals surface area contributed by atoms with Gasteiger partial charge in [0.15, 0.2) is 11.5 Å². The third-order valence-electron chi connectivity index (χ3n) is 3.50. The Morgan fingerprint density at radius 1 is 1.21 bits per heavy atom. The molecule has 5 heteroatoms. The first-order chi connectivity index (χ1) is 9.17. The summed E-state index contributed by atoms with van der Waals surface area (Å²) >= 11 is 0. The molecule has 1 saturated heterocycles. The van der Waals surface area contributed by atoms with Crippen LogP contribution in [0, 0.1) is 0 Å². The number of nitrogens with two attached hydrogens (primary N) is 1. The molecule has 1 fully saturated rings. The number of carbonyl (C=O) groups is 1. The van der Waals surface area contributed by atoms with E-state index in [1.54, 1.807) is 20.3 Å². The monoisotopic (exact) mass is 264 g/mol. The van der Waals surface area contributed by atoms with Crippen molar-refractivity contribution >= 4 is 5.91 Å². The average molecular weight is 264 g/mol. The van der Waals surface area contributed by atoms with Crippen molar-refractivity contribution in [1.82, 2.24) is 4.90 Å². The Morgan fingerprint density at radius 3 is 2.37 bits per heavy atom. The van der Waals surface area contributed by atoms with Crippen molar-refractivity contribution in [2.45, 2.75) is 18.9 Å². The summed E-state index contributed by atoms with van der Waals surface area (Å²) in [6.45, 7) is 1.81. The molecule has 1 aromatic rings. The van der Waals surface area contributed by atoms with E-state index < -0.39 is 0 Å². The van der Waals surface area contributed by atoms with Gasteiger partial charge in [0.1, 0.15) is 6.04 Å². The molecule has 0 aliphatic carbocycles. The Labute approximate surface area is 113 Å². The summed E-state index contributed by atoms with van der Waals surface area (Å²) in [5.74, 6) is 0.940. The second-order valence-electron chi connectivity index (χ2n) is 4.66. The van der Waals surface area contributed by atoms with Crippen LogP contribution in [-0.4, -0.2) is 38.1 Å². The molecule has 1 heterocycles. The summed E-state index contributed by atoms with van der Waals surface area (Å²) in [6, 6.07) is 5.12. The van der Waals surface area contributed by atoms with Crippen LogP contribution in [0.4, 0.5) is 0 Å². The molecule has 104 valence electrons. The maximum Gasteiger partial charge on any atom is 0.239 e. The van der Waals surface area contributed by atoms with Crippen LogP contribution < -0.4 is 15.2 Å². The Bertz CT molecular complexity index is 456. The Kier molecular flexibility index (Phi) is 4.27. The maximum absolute atomic E-state index is 11.7. The summed E-state index contributed by atoms with van der Waals surface area (Å²) in [7, 11) is 3.17. The number of hydrogen-bond acceptors (Lipinski definition) is 4. The zero-order chi connectivity index (χ0) is 13.8. The molecule has 0 radical (unpaired) electrons. The first-order valence-corrected chi connectivity index (χ1v) is 6.42. The van der Waals surface area contributed by atoms with Crippen molar-refractivity contribution in [2.24, 2.45) is 5.73 Å². The normalized spacial score (nSPS) is 17.2. The van der Waals surface area contributed by atoms with Gasteiger partial charge in [0.25, 0.3) is 0 Å². The van der Waals surface area contributed by atoms with Crippen LogP contribution in [0.5, 0.6) is 11.5 Å². The SMILES string of the molecule is COc1ccc(C(C(N)=O)N2CCCC2)cc1OC. The predicted molar refractivity (Wildman–Crippen MR) is 72.3 cm³/mol. The number of nitrogens with zero attached hydrogens (tertiary/aromatic N) is 1. The van der Waals surface area contributed by atoms with E-state index in [2.05, 4.69) is 4.90 Å². The molecule has 2 rings (SSSR count). The molecule has 0 bridgehead atoms. The standard InChI is InChI=1S/C14H20N2O3/c1-18-11-6-5-10(9-12(11)19-2)13(14(15)17)16-7-3-4-8-16/h5-6,9,13H,3-4,7-8H2,1-2H3,(H2,15,17). The third kappa shape index (κ3) is 2.81. The fourth-order valence-electron chi connectivity index (χ4n) is 2.58. The highest BCUT2D eigenvalue weighted by Gasteiger charge is 2.28. The molecule has 1 atom stereocenters. The molecule has 1 unspecified atom stereocenters. The van der Waals surface area contributed by atoms with Gasteiger partial charge >= 0.3 is 0 Å². The molecular formula is C14H20N2O3. The second-order valence-corrected chi connectivity index (χ2v) is 4.66. The zero-order valence-electron chi connectivity index (χ0n) is 11.4. The van der Waals surface area contributed by atoms with Crippen LogP contribution in [0.1, 0.15) is 24.4 Å². The lowest BCUT2D eigenvalue weighted by Gasteiger charge is -2.25. The molecule has 1 aliphatic heterocycles. The number of ether oxygens (including phenoxy) is 2. The van der Waals surface area contributed by atoms with E-state index >= 15 is 0 Å². The van der Waals surface area contributed by atoms with E-state index in [0.717, 1.165) is 31.5 Å². The topological polar surface area (TPSA) is 64.8 Å². The molecule has 1 amide bonds. The summed E-state index contributed by atoms with van der Waals surface area (Å²) in [6.07, 6.45) is 2.22. The fraction of sp³-hybridized carbons (Fsp3) is 0.500. The van der Waals surface area contributed by atoms with Gasteiger partial charge in [0.2, 0.25) is 5.91 Å². The average Bonchev–Trinajstić information content (AvgIpc) is 2.92. The van der Waals surface area contributed by atoms with Gasteiger partial charge < -0.3 is 15.2 Å². The highest BCUT2D eigenvalue weighted by atomic mass is 16.5. The first kappa shape index (κ1) is 13.7. The van der Waals surface area contributed by atoms with Gasteiger partial charge in [-0.1, -0.05) is 6.07 Å². The molecule has 0 aromatic heterocycles. The Balaban J connectivity index is 2.33. The number of hydrogen-bond donors (Lipinski definition) is 1. The van der Waals surface area contributed by atoms with Crippen molar-refractivity contribution in [3.63, 3.8) is 0 Å². The number of primary amides is 1. The number of benzene rings is 1. The molecular weight excluding hydrogens is 244 g/mol. The van der Waals surface area contributed by atoms with E-state index in [9.17, 15) is 4.79 Å². The van der Waals surface area contributed by atoms with Crippen LogP contribution in [0.15, 0.2) is 18.2 Å². The fourth-order valence-corrected chi connectivity index (χ4v) is 2.58. The third-order valence-corrected chi connectivity index (χ3v) is 3.50. The van der Waals surface area contributed by atoms with Gasteiger partial charge in [-0.25, -0.2) is 0 Å². The maximum atomic E-state index is 11.7. The van der Waals surface area contributed by atoms with Crippen molar-refractivity contribution in [2.75, 3.05) is 27.3 Å².